The molecule has 1 aliphatic heterocycles. The smallest absolute Gasteiger partial charge is 0.233 e. The molecule has 0 radical (unpaired) electrons. The number of piperazine rings is 1. The Labute approximate surface area is 127 Å². The quantitative estimate of drug-likeness (QED) is 0.857. The Kier molecular flexibility index (Phi) is 5.43. The minimum absolute atomic E-state index is 0.329. The van der Waals surface area contributed by atoms with Crippen LogP contribution in [0.3, 0.4) is 0 Å². The van der Waals surface area contributed by atoms with E-state index in [1.54, 1.807) is 4.90 Å². The molecule has 1 aliphatic rings. The predicted octanol–water partition coefficient (Wildman–Crippen LogP) is 1.46. The van der Waals surface area contributed by atoms with Crippen LogP contribution in [0.15, 0.2) is 18.2 Å². The molecule has 0 saturated carbocycles. The number of halogens is 2. The highest BCUT2D eigenvalue weighted by molar-refractivity contribution is 6.03. The van der Waals surface area contributed by atoms with Crippen LogP contribution < -0.4 is 5.32 Å². The molecule has 120 valence electrons. The van der Waals surface area contributed by atoms with Crippen molar-refractivity contribution in [2.24, 2.45) is 0 Å². The van der Waals surface area contributed by atoms with Crippen LogP contribution >= 0.6 is 0 Å². The van der Waals surface area contributed by atoms with Crippen molar-refractivity contribution in [2.45, 2.75) is 13.3 Å². The van der Waals surface area contributed by atoms with E-state index in [0.29, 0.717) is 13.1 Å². The fourth-order valence-electron chi connectivity index (χ4n) is 2.36. The van der Waals surface area contributed by atoms with Crippen molar-refractivity contribution in [2.75, 3.05) is 38.0 Å². The summed E-state index contributed by atoms with van der Waals surface area (Å²) in [7, 11) is 0. The van der Waals surface area contributed by atoms with Gasteiger partial charge in [0.25, 0.3) is 0 Å². The standard InChI is InChI=1S/C15H19F2N3O2/c1-2-19-6-8-20(9-7-19)14(22)10-13(21)18-15-11(16)4-3-5-12(15)17/h3-5H,2,6-10H2,1H3,(H,18,21). The topological polar surface area (TPSA) is 52.7 Å². The highest BCUT2D eigenvalue weighted by atomic mass is 19.1. The van der Waals surface area contributed by atoms with Crippen molar-refractivity contribution in [3.05, 3.63) is 29.8 Å². The van der Waals surface area contributed by atoms with E-state index < -0.39 is 29.6 Å². The molecule has 1 saturated heterocycles. The number of para-hydroxylation sites is 1. The Bertz CT molecular complexity index is 537. The molecule has 0 aromatic heterocycles. The van der Waals surface area contributed by atoms with Gasteiger partial charge < -0.3 is 15.1 Å². The Morgan fingerprint density at radius 2 is 1.73 bits per heavy atom. The van der Waals surface area contributed by atoms with Gasteiger partial charge in [-0.25, -0.2) is 8.78 Å². The first kappa shape index (κ1) is 16.4. The van der Waals surface area contributed by atoms with Crippen LogP contribution in [-0.4, -0.2) is 54.3 Å². The third kappa shape index (κ3) is 4.00. The number of nitrogens with zero attached hydrogens (tertiary/aromatic N) is 2. The van der Waals surface area contributed by atoms with Gasteiger partial charge in [-0.05, 0) is 18.7 Å². The van der Waals surface area contributed by atoms with E-state index in [-0.39, 0.29) is 5.91 Å². The average molecular weight is 311 g/mol. The number of carbonyl (C=O) groups excluding carboxylic acids is 2. The number of carbonyl (C=O) groups is 2. The Hall–Kier alpha value is -2.02. The molecule has 1 aromatic rings. The molecule has 1 aromatic carbocycles. The highest BCUT2D eigenvalue weighted by Crippen LogP contribution is 2.18. The molecule has 1 heterocycles. The molecule has 0 atom stereocenters. The molecule has 0 spiro atoms. The number of hydrogen-bond acceptors (Lipinski definition) is 3. The van der Waals surface area contributed by atoms with Gasteiger partial charge >= 0.3 is 0 Å². The van der Waals surface area contributed by atoms with Crippen LogP contribution in [0.25, 0.3) is 0 Å². The number of benzene rings is 1. The number of hydrogen-bond donors (Lipinski definition) is 1. The predicted molar refractivity (Wildman–Crippen MR) is 78.3 cm³/mol. The van der Waals surface area contributed by atoms with Gasteiger partial charge in [0.2, 0.25) is 11.8 Å². The Morgan fingerprint density at radius 1 is 1.14 bits per heavy atom. The summed E-state index contributed by atoms with van der Waals surface area (Å²) in [5, 5.41) is 2.12. The highest BCUT2D eigenvalue weighted by Gasteiger charge is 2.22. The second-order valence-corrected chi connectivity index (χ2v) is 5.14. The minimum Gasteiger partial charge on any atom is -0.340 e. The summed E-state index contributed by atoms with van der Waals surface area (Å²) in [6.07, 6.45) is -0.417. The molecule has 0 bridgehead atoms. The maximum atomic E-state index is 13.4. The summed E-state index contributed by atoms with van der Waals surface area (Å²) in [6, 6.07) is 3.30. The number of nitrogens with one attached hydrogen (secondary N) is 1. The lowest BCUT2D eigenvalue weighted by molar-refractivity contribution is -0.136. The average Bonchev–Trinajstić information content (AvgIpc) is 2.51. The van der Waals surface area contributed by atoms with E-state index in [4.69, 9.17) is 0 Å². The number of amides is 2. The fourth-order valence-corrected chi connectivity index (χ4v) is 2.36. The van der Waals surface area contributed by atoms with Crippen LogP contribution in [-0.2, 0) is 9.59 Å². The summed E-state index contributed by atoms with van der Waals surface area (Å²) in [6.45, 7) is 5.64. The summed E-state index contributed by atoms with van der Waals surface area (Å²) in [5.74, 6) is -2.77. The lowest BCUT2D eigenvalue weighted by atomic mass is 10.2. The van der Waals surface area contributed by atoms with Gasteiger partial charge in [-0.1, -0.05) is 13.0 Å². The summed E-state index contributed by atoms with van der Waals surface area (Å²) in [5.41, 5.74) is -0.517. The van der Waals surface area contributed by atoms with E-state index in [0.717, 1.165) is 31.8 Å². The number of likely N-dealkylation sites (N-methyl/N-ethyl adjacent to an activating group) is 1. The zero-order valence-electron chi connectivity index (χ0n) is 12.4. The van der Waals surface area contributed by atoms with Crippen LogP contribution in [0.2, 0.25) is 0 Å². The molecule has 22 heavy (non-hydrogen) atoms. The molecule has 2 rings (SSSR count). The molecule has 2 amide bonds. The maximum Gasteiger partial charge on any atom is 0.233 e. The van der Waals surface area contributed by atoms with E-state index in [1.807, 2.05) is 6.92 Å². The number of rotatable bonds is 4. The first-order valence-electron chi connectivity index (χ1n) is 7.25. The van der Waals surface area contributed by atoms with E-state index >= 15 is 0 Å². The van der Waals surface area contributed by atoms with E-state index in [9.17, 15) is 18.4 Å². The van der Waals surface area contributed by atoms with Crippen molar-refractivity contribution in [1.82, 2.24) is 9.80 Å². The van der Waals surface area contributed by atoms with Crippen LogP contribution in [0.1, 0.15) is 13.3 Å². The lowest BCUT2D eigenvalue weighted by Crippen LogP contribution is -2.49. The molecule has 1 fully saturated rings. The van der Waals surface area contributed by atoms with Crippen LogP contribution in [0.4, 0.5) is 14.5 Å². The van der Waals surface area contributed by atoms with Crippen molar-refractivity contribution < 1.29 is 18.4 Å². The number of anilines is 1. The molecule has 5 nitrogen and oxygen atoms in total. The summed E-state index contributed by atoms with van der Waals surface area (Å²) >= 11 is 0. The van der Waals surface area contributed by atoms with Crippen molar-refractivity contribution >= 4 is 17.5 Å². The second kappa shape index (κ2) is 7.31. The van der Waals surface area contributed by atoms with Gasteiger partial charge in [0, 0.05) is 26.2 Å². The first-order chi connectivity index (χ1) is 10.5. The van der Waals surface area contributed by atoms with Crippen molar-refractivity contribution in [1.29, 1.82) is 0 Å². The first-order valence-corrected chi connectivity index (χ1v) is 7.25. The largest absolute Gasteiger partial charge is 0.340 e. The van der Waals surface area contributed by atoms with Gasteiger partial charge in [-0.3, -0.25) is 9.59 Å². The van der Waals surface area contributed by atoms with Gasteiger partial charge in [0.1, 0.15) is 23.7 Å². The maximum absolute atomic E-state index is 13.4. The van der Waals surface area contributed by atoms with Gasteiger partial charge in [0.15, 0.2) is 0 Å². The molecule has 1 N–H and O–H groups in total. The second-order valence-electron chi connectivity index (χ2n) is 5.14. The summed E-state index contributed by atoms with van der Waals surface area (Å²) in [4.78, 5) is 27.6. The normalized spacial score (nSPS) is 15.7. The third-order valence-corrected chi connectivity index (χ3v) is 3.71. The van der Waals surface area contributed by atoms with Gasteiger partial charge in [-0.15, -0.1) is 0 Å². The molecule has 0 unspecified atom stereocenters. The minimum atomic E-state index is -0.864. The monoisotopic (exact) mass is 311 g/mol. The fraction of sp³-hybridized carbons (Fsp3) is 0.467. The Morgan fingerprint density at radius 3 is 2.27 bits per heavy atom. The van der Waals surface area contributed by atoms with Crippen LogP contribution in [0.5, 0.6) is 0 Å². The molecular weight excluding hydrogens is 292 g/mol. The van der Waals surface area contributed by atoms with Crippen molar-refractivity contribution in [3.8, 4) is 0 Å². The van der Waals surface area contributed by atoms with Crippen molar-refractivity contribution in [3.63, 3.8) is 0 Å². The van der Waals surface area contributed by atoms with Gasteiger partial charge in [0.05, 0.1) is 0 Å². The third-order valence-electron chi connectivity index (χ3n) is 3.71. The van der Waals surface area contributed by atoms with E-state index in [2.05, 4.69) is 10.2 Å². The molecular formula is C15H19F2N3O2. The van der Waals surface area contributed by atoms with E-state index in [1.165, 1.54) is 6.07 Å². The zero-order chi connectivity index (χ0) is 16.1. The lowest BCUT2D eigenvalue weighted by Gasteiger charge is -2.33. The SMILES string of the molecule is CCN1CCN(C(=O)CC(=O)Nc2c(F)cccc2F)CC1. The molecule has 7 heteroatoms. The molecule has 0 aliphatic carbocycles. The summed E-state index contributed by atoms with van der Waals surface area (Å²) < 4.78 is 26.9. The van der Waals surface area contributed by atoms with Crippen LogP contribution in [0, 0.1) is 11.6 Å². The zero-order valence-corrected chi connectivity index (χ0v) is 12.4. The Balaban J connectivity index is 1.88. The van der Waals surface area contributed by atoms with Gasteiger partial charge in [-0.2, -0.15) is 0 Å².